The number of nitrogens with zero attached hydrogens (tertiary/aromatic N) is 6. The third kappa shape index (κ3) is 6.07. The van der Waals surface area contributed by atoms with E-state index in [9.17, 15) is 0 Å². The highest BCUT2D eigenvalue weighted by atomic mass is 79.9. The van der Waals surface area contributed by atoms with E-state index in [1.165, 1.54) is 12.4 Å². The lowest BCUT2D eigenvalue weighted by atomic mass is 10.0. The number of rotatable bonds is 8. The molecule has 0 bridgehead atoms. The van der Waals surface area contributed by atoms with E-state index in [0.717, 1.165) is 16.1 Å². The van der Waals surface area contributed by atoms with Gasteiger partial charge in [-0.2, -0.15) is 0 Å². The molecule has 1 fully saturated rings. The van der Waals surface area contributed by atoms with Gasteiger partial charge in [0.1, 0.15) is 16.5 Å². The Balaban J connectivity index is 2.30. The average Bonchev–Trinajstić information content (AvgIpc) is 2.75. The monoisotopic (exact) mass is 474 g/mol. The summed E-state index contributed by atoms with van der Waals surface area (Å²) in [7, 11) is 0. The van der Waals surface area contributed by atoms with Crippen molar-refractivity contribution in [2.45, 2.75) is 19.1 Å². The van der Waals surface area contributed by atoms with Crippen molar-refractivity contribution in [3.05, 3.63) is 46.8 Å². The maximum Gasteiger partial charge on any atom is 0.125 e. The van der Waals surface area contributed by atoms with Gasteiger partial charge in [-0.25, -0.2) is 0 Å². The molecule has 2 aliphatic heterocycles. The van der Waals surface area contributed by atoms with Crippen molar-refractivity contribution in [2.24, 2.45) is 25.7 Å². The third-order valence-corrected chi connectivity index (χ3v) is 5.05. The molecular weight excluding hydrogens is 448 g/mol. The molecule has 1 saturated heterocycles. The van der Waals surface area contributed by atoms with E-state index in [-0.39, 0.29) is 12.1 Å². The Bertz CT molecular complexity index is 827. The molecule has 0 aromatic carbocycles. The van der Waals surface area contributed by atoms with Crippen molar-refractivity contribution in [2.75, 3.05) is 26.2 Å². The van der Waals surface area contributed by atoms with Crippen LogP contribution in [0.1, 0.15) is 6.92 Å². The van der Waals surface area contributed by atoms with Crippen LogP contribution in [0.15, 0.2) is 66.7 Å². The second-order valence-corrected chi connectivity index (χ2v) is 7.24. The van der Waals surface area contributed by atoms with Gasteiger partial charge in [0, 0.05) is 49.3 Å². The van der Waals surface area contributed by atoms with E-state index in [0.29, 0.717) is 31.8 Å². The topological polar surface area (TPSA) is 115 Å². The normalized spacial score (nSPS) is 23.5. The van der Waals surface area contributed by atoms with Crippen molar-refractivity contribution >= 4 is 47.6 Å². The van der Waals surface area contributed by atoms with E-state index in [1.807, 2.05) is 24.1 Å². The van der Waals surface area contributed by atoms with Crippen molar-refractivity contribution in [3.8, 4) is 0 Å². The number of nitrogens with two attached hydrogens (primary N) is 1. The molecule has 0 spiro atoms. The van der Waals surface area contributed by atoms with Gasteiger partial charge < -0.3 is 25.7 Å². The zero-order valence-corrected chi connectivity index (χ0v) is 18.6. The lowest BCUT2D eigenvalue weighted by Gasteiger charge is -2.41. The van der Waals surface area contributed by atoms with Crippen LogP contribution in [0, 0.1) is 5.41 Å². The van der Waals surface area contributed by atoms with Crippen LogP contribution < -0.4 is 5.73 Å². The molecule has 9 nitrogen and oxygen atoms in total. The number of nitrogens with one attached hydrogen (secondary N) is 1. The van der Waals surface area contributed by atoms with Gasteiger partial charge in [0.05, 0.1) is 31.4 Å². The lowest BCUT2D eigenvalue weighted by molar-refractivity contribution is -0.0152. The zero-order chi connectivity index (χ0) is 21.9. The first kappa shape index (κ1) is 23.4. The summed E-state index contributed by atoms with van der Waals surface area (Å²) in [6.45, 7) is 11.2. The molecule has 10 heteroatoms. The predicted molar refractivity (Wildman–Crippen MR) is 128 cm³/mol. The summed E-state index contributed by atoms with van der Waals surface area (Å²) >= 11 is 3.39. The lowest BCUT2D eigenvalue weighted by Crippen LogP contribution is -2.52. The first-order valence-electron chi connectivity index (χ1n) is 9.34. The second-order valence-electron chi connectivity index (χ2n) is 6.43. The van der Waals surface area contributed by atoms with Crippen LogP contribution in [0.4, 0.5) is 0 Å². The Labute approximate surface area is 185 Å². The molecule has 0 aromatic rings. The molecular formula is C20H27BrN8O. The van der Waals surface area contributed by atoms with Crippen LogP contribution in [0.2, 0.25) is 0 Å². The fourth-order valence-corrected chi connectivity index (χ4v) is 3.56. The summed E-state index contributed by atoms with van der Waals surface area (Å²) in [5.41, 5.74) is 7.16. The van der Waals surface area contributed by atoms with E-state index >= 15 is 0 Å². The van der Waals surface area contributed by atoms with E-state index in [2.05, 4.69) is 49.2 Å². The highest BCUT2D eigenvalue weighted by molar-refractivity contribution is 9.11. The molecule has 160 valence electrons. The molecule has 0 aromatic heterocycles. The first-order chi connectivity index (χ1) is 14.5. The Morgan fingerprint density at radius 1 is 1.47 bits per heavy atom. The maximum absolute atomic E-state index is 7.59. The minimum atomic E-state index is -0.321. The van der Waals surface area contributed by atoms with Crippen molar-refractivity contribution in [1.29, 1.82) is 5.41 Å². The average molecular weight is 475 g/mol. The van der Waals surface area contributed by atoms with E-state index in [1.54, 1.807) is 18.6 Å². The fourth-order valence-electron chi connectivity index (χ4n) is 3.17. The number of halogens is 1. The highest BCUT2D eigenvalue weighted by Crippen LogP contribution is 2.21. The largest absolute Gasteiger partial charge is 0.404 e. The van der Waals surface area contributed by atoms with Crippen LogP contribution >= 0.6 is 15.9 Å². The Hall–Kier alpha value is -2.85. The molecule has 2 heterocycles. The van der Waals surface area contributed by atoms with Gasteiger partial charge in [0.2, 0.25) is 0 Å². The minimum Gasteiger partial charge on any atom is -0.404 e. The quantitative estimate of drug-likeness (QED) is 0.319. The van der Waals surface area contributed by atoms with Gasteiger partial charge in [-0.15, -0.1) is 0 Å². The molecule has 2 unspecified atom stereocenters. The number of aliphatic imine (C=N–C) groups is 4. The summed E-state index contributed by atoms with van der Waals surface area (Å²) in [6, 6.07) is -0.0792. The van der Waals surface area contributed by atoms with Gasteiger partial charge >= 0.3 is 0 Å². The van der Waals surface area contributed by atoms with Gasteiger partial charge in [0.25, 0.3) is 0 Å². The summed E-state index contributed by atoms with van der Waals surface area (Å²) in [5, 5.41) is 7.59. The molecule has 0 saturated carbocycles. The summed E-state index contributed by atoms with van der Waals surface area (Å²) < 4.78 is 6.59. The molecule has 0 aliphatic carbocycles. The van der Waals surface area contributed by atoms with Gasteiger partial charge in [-0.3, -0.25) is 20.0 Å². The van der Waals surface area contributed by atoms with E-state index < -0.39 is 0 Å². The van der Waals surface area contributed by atoms with Crippen molar-refractivity contribution in [3.63, 3.8) is 0 Å². The summed E-state index contributed by atoms with van der Waals surface area (Å²) in [6.07, 6.45) is 11.1. The molecule has 2 atom stereocenters. The number of ether oxygens (including phenoxy) is 1. The Morgan fingerprint density at radius 3 is 2.90 bits per heavy atom. The predicted octanol–water partition coefficient (Wildman–Crippen LogP) is 2.30. The fraction of sp³-hybridized carbons (Fsp3) is 0.350. The van der Waals surface area contributed by atoms with Gasteiger partial charge in [-0.05, 0) is 42.4 Å². The van der Waals surface area contributed by atoms with Crippen molar-refractivity contribution < 1.29 is 4.74 Å². The van der Waals surface area contributed by atoms with E-state index in [4.69, 9.17) is 20.9 Å². The van der Waals surface area contributed by atoms with Crippen LogP contribution in [0.3, 0.4) is 0 Å². The Kier molecular flexibility index (Phi) is 9.36. The number of amidine groups is 1. The second kappa shape index (κ2) is 12.0. The maximum atomic E-state index is 7.59. The Morgan fingerprint density at radius 2 is 2.27 bits per heavy atom. The minimum absolute atomic E-state index is 0.0792. The molecule has 2 aliphatic rings. The molecule has 2 rings (SSSR count). The van der Waals surface area contributed by atoms with Gasteiger partial charge in [-0.1, -0.05) is 0 Å². The first-order valence-corrected chi connectivity index (χ1v) is 10.1. The van der Waals surface area contributed by atoms with Crippen molar-refractivity contribution in [1.82, 2.24) is 9.80 Å². The third-order valence-electron chi connectivity index (χ3n) is 4.64. The molecule has 0 amide bonds. The summed E-state index contributed by atoms with van der Waals surface area (Å²) in [5.74, 6) is 0.730. The molecule has 3 N–H and O–H groups in total. The summed E-state index contributed by atoms with van der Waals surface area (Å²) in [4.78, 5) is 20.9. The highest BCUT2D eigenvalue weighted by Gasteiger charge is 2.32. The van der Waals surface area contributed by atoms with Gasteiger partial charge in [0.15, 0.2) is 0 Å². The zero-order valence-electron chi connectivity index (χ0n) is 17.0. The number of hydrogen-bond acceptors (Lipinski definition) is 8. The molecule has 0 radical (unpaired) electrons. The standard InChI is InChI=1S/C20H27BrN8O/c1-15-20(16(10-22)11-23)30-9-8-29(15)19(4-5-24-2)27-13-17(12-25-3)28-7-6-26-18(21)14-28/h4-6,10-12,14-15,20,22H,2-3,7-9,13,23H2,1H3/b5-4-,16-11+,17-12-,22-10?,27-19+. The smallest absolute Gasteiger partial charge is 0.125 e. The SMILES string of the molecule is C=N/C=C\C(=N/C/C(=C/N=C)N1C=C(Br)N=CC1)N1CCOC(/C(C=N)=C/N)C1C. The number of morpholine rings is 1. The number of hydrogen-bond donors (Lipinski definition) is 2. The van der Waals surface area contributed by atoms with Crippen LogP contribution in [0.25, 0.3) is 0 Å². The van der Waals surface area contributed by atoms with Crippen LogP contribution in [-0.4, -0.2) is 79.9 Å². The van der Waals surface area contributed by atoms with Crippen LogP contribution in [0.5, 0.6) is 0 Å². The van der Waals surface area contributed by atoms with Crippen LogP contribution in [-0.2, 0) is 4.74 Å². The molecule has 30 heavy (non-hydrogen) atoms.